The molecule has 0 bridgehead atoms. The lowest BCUT2D eigenvalue weighted by molar-refractivity contribution is -0.384. The number of halogens is 1. The Morgan fingerprint density at radius 1 is 1.33 bits per heavy atom. The summed E-state index contributed by atoms with van der Waals surface area (Å²) in [6.07, 6.45) is 1.68. The molecular formula is C13H18FN3O3S. The van der Waals surface area contributed by atoms with Gasteiger partial charge in [-0.3, -0.25) is 19.2 Å². The molecule has 0 unspecified atom stereocenters. The number of benzene rings is 1. The van der Waals surface area contributed by atoms with E-state index in [1.165, 1.54) is 12.1 Å². The highest BCUT2D eigenvalue weighted by atomic mass is 32.2. The molecule has 116 valence electrons. The van der Waals surface area contributed by atoms with Crippen molar-refractivity contribution in [2.24, 2.45) is 0 Å². The van der Waals surface area contributed by atoms with E-state index in [1.807, 2.05) is 4.90 Å². The van der Waals surface area contributed by atoms with Crippen molar-refractivity contribution >= 4 is 22.2 Å². The zero-order chi connectivity index (χ0) is 15.4. The molecule has 1 saturated heterocycles. The summed E-state index contributed by atoms with van der Waals surface area (Å²) in [5.74, 6) is 0.0333. The van der Waals surface area contributed by atoms with Crippen molar-refractivity contribution in [3.05, 3.63) is 34.1 Å². The maximum atomic E-state index is 13.2. The fourth-order valence-electron chi connectivity index (χ4n) is 2.38. The number of hydrogen-bond acceptors (Lipinski definition) is 5. The molecule has 8 heteroatoms. The Morgan fingerprint density at radius 3 is 2.57 bits per heavy atom. The van der Waals surface area contributed by atoms with Crippen molar-refractivity contribution in [3.63, 3.8) is 0 Å². The summed E-state index contributed by atoms with van der Waals surface area (Å²) in [4.78, 5) is 14.6. The first-order chi connectivity index (χ1) is 9.97. The summed E-state index contributed by atoms with van der Waals surface area (Å²) in [5, 5.41) is 11.0. The molecular weight excluding hydrogens is 297 g/mol. The minimum Gasteiger partial charge on any atom is -0.363 e. The zero-order valence-electron chi connectivity index (χ0n) is 11.8. The SMILES string of the molecule is C[S@@](=O)CCN1CCN(c2ccc(F)cc2[N+](=O)[O-])CC1. The fourth-order valence-corrected chi connectivity index (χ4v) is 2.90. The van der Waals surface area contributed by atoms with Gasteiger partial charge in [-0.15, -0.1) is 0 Å². The van der Waals surface area contributed by atoms with Gasteiger partial charge in [0.25, 0.3) is 5.69 Å². The second-order valence-corrected chi connectivity index (χ2v) is 6.55. The highest BCUT2D eigenvalue weighted by Crippen LogP contribution is 2.29. The molecule has 0 amide bonds. The van der Waals surface area contributed by atoms with Gasteiger partial charge in [-0.2, -0.15) is 0 Å². The normalized spacial score (nSPS) is 17.7. The van der Waals surface area contributed by atoms with Gasteiger partial charge in [0.2, 0.25) is 0 Å². The number of hydrogen-bond donors (Lipinski definition) is 0. The van der Waals surface area contributed by atoms with Crippen LogP contribution in [0.4, 0.5) is 15.8 Å². The van der Waals surface area contributed by atoms with Gasteiger partial charge in [-0.1, -0.05) is 0 Å². The standard InChI is InChI=1S/C13H18FN3O3S/c1-21(20)9-8-15-4-6-16(7-5-15)12-3-2-11(14)10-13(12)17(18)19/h2-3,10H,4-9H2,1H3/t21-/m1/s1. The van der Waals surface area contributed by atoms with E-state index < -0.39 is 21.5 Å². The van der Waals surface area contributed by atoms with Crippen molar-refractivity contribution in [3.8, 4) is 0 Å². The molecule has 1 aliphatic heterocycles. The number of nitro benzene ring substituents is 1. The largest absolute Gasteiger partial charge is 0.363 e. The van der Waals surface area contributed by atoms with Crippen molar-refractivity contribution in [1.82, 2.24) is 4.90 Å². The van der Waals surface area contributed by atoms with E-state index in [0.29, 0.717) is 24.5 Å². The van der Waals surface area contributed by atoms with Crippen LogP contribution >= 0.6 is 0 Å². The Hall–Kier alpha value is -1.54. The third-order valence-electron chi connectivity index (χ3n) is 3.54. The first-order valence-electron chi connectivity index (χ1n) is 6.68. The first-order valence-corrected chi connectivity index (χ1v) is 8.41. The first kappa shape index (κ1) is 15.8. The van der Waals surface area contributed by atoms with Crippen molar-refractivity contribution in [2.45, 2.75) is 0 Å². The molecule has 6 nitrogen and oxygen atoms in total. The molecule has 0 saturated carbocycles. The van der Waals surface area contributed by atoms with E-state index >= 15 is 0 Å². The number of nitro groups is 1. The molecule has 0 N–H and O–H groups in total. The minimum absolute atomic E-state index is 0.196. The Bertz CT molecular complexity index is 547. The van der Waals surface area contributed by atoms with Crippen LogP contribution in [0.15, 0.2) is 18.2 Å². The Labute approximate surface area is 125 Å². The number of anilines is 1. The molecule has 1 fully saturated rings. The monoisotopic (exact) mass is 315 g/mol. The highest BCUT2D eigenvalue weighted by molar-refractivity contribution is 7.84. The van der Waals surface area contributed by atoms with Gasteiger partial charge in [-0.05, 0) is 12.1 Å². The third-order valence-corrected chi connectivity index (χ3v) is 4.30. The summed E-state index contributed by atoms with van der Waals surface area (Å²) < 4.78 is 24.2. The predicted octanol–water partition coefficient (Wildman–Crippen LogP) is 1.23. The number of rotatable bonds is 5. The van der Waals surface area contributed by atoms with Gasteiger partial charge in [0.05, 0.1) is 11.0 Å². The number of piperazine rings is 1. The lowest BCUT2D eigenvalue weighted by Gasteiger charge is -2.35. The van der Waals surface area contributed by atoms with Crippen LogP contribution in [0.5, 0.6) is 0 Å². The van der Waals surface area contributed by atoms with E-state index in [1.54, 1.807) is 6.26 Å². The van der Waals surface area contributed by atoms with Gasteiger partial charge in [0.1, 0.15) is 11.5 Å². The quantitative estimate of drug-likeness (QED) is 0.604. The van der Waals surface area contributed by atoms with Gasteiger partial charge in [0.15, 0.2) is 0 Å². The smallest absolute Gasteiger partial charge is 0.295 e. The summed E-state index contributed by atoms with van der Waals surface area (Å²) in [7, 11) is -0.811. The maximum absolute atomic E-state index is 13.2. The average Bonchev–Trinajstić information content (AvgIpc) is 2.45. The highest BCUT2D eigenvalue weighted by Gasteiger charge is 2.24. The van der Waals surface area contributed by atoms with Crippen LogP contribution in [0.2, 0.25) is 0 Å². The summed E-state index contributed by atoms with van der Waals surface area (Å²) in [5.41, 5.74) is 0.262. The second-order valence-electron chi connectivity index (χ2n) is 5.00. The Kier molecular flexibility index (Phi) is 5.24. The molecule has 0 radical (unpaired) electrons. The third kappa shape index (κ3) is 4.21. The summed E-state index contributed by atoms with van der Waals surface area (Å²) in [6.45, 7) is 3.56. The van der Waals surface area contributed by atoms with Gasteiger partial charge in [0, 0.05) is 55.5 Å². The molecule has 1 aromatic rings. The van der Waals surface area contributed by atoms with E-state index in [0.717, 1.165) is 25.7 Å². The van der Waals surface area contributed by atoms with Crippen LogP contribution in [0.25, 0.3) is 0 Å². The van der Waals surface area contributed by atoms with Crippen LogP contribution in [0.3, 0.4) is 0 Å². The van der Waals surface area contributed by atoms with Crippen molar-refractivity contribution in [2.75, 3.05) is 49.6 Å². The minimum atomic E-state index is -0.811. The van der Waals surface area contributed by atoms with Crippen molar-refractivity contribution in [1.29, 1.82) is 0 Å². The maximum Gasteiger partial charge on any atom is 0.295 e. The van der Waals surface area contributed by atoms with Gasteiger partial charge < -0.3 is 4.90 Å². The lowest BCUT2D eigenvalue weighted by atomic mass is 10.2. The molecule has 0 spiro atoms. The zero-order valence-corrected chi connectivity index (χ0v) is 12.6. The molecule has 2 rings (SSSR count). The summed E-state index contributed by atoms with van der Waals surface area (Å²) >= 11 is 0. The molecule has 21 heavy (non-hydrogen) atoms. The van der Waals surface area contributed by atoms with E-state index in [2.05, 4.69) is 4.90 Å². The van der Waals surface area contributed by atoms with Crippen LogP contribution in [-0.2, 0) is 10.8 Å². The van der Waals surface area contributed by atoms with Crippen molar-refractivity contribution < 1.29 is 13.5 Å². The fraction of sp³-hybridized carbons (Fsp3) is 0.538. The predicted molar refractivity (Wildman–Crippen MR) is 80.6 cm³/mol. The average molecular weight is 315 g/mol. The molecule has 1 aromatic carbocycles. The van der Waals surface area contributed by atoms with Crippen LogP contribution in [0, 0.1) is 15.9 Å². The van der Waals surface area contributed by atoms with Crippen LogP contribution < -0.4 is 4.90 Å². The Balaban J connectivity index is 2.02. The van der Waals surface area contributed by atoms with Gasteiger partial charge >= 0.3 is 0 Å². The molecule has 1 atom stereocenters. The lowest BCUT2D eigenvalue weighted by Crippen LogP contribution is -2.47. The van der Waals surface area contributed by atoms with Crippen LogP contribution in [-0.4, -0.2) is 58.8 Å². The molecule has 1 heterocycles. The second kappa shape index (κ2) is 6.95. The van der Waals surface area contributed by atoms with E-state index in [4.69, 9.17) is 0 Å². The van der Waals surface area contributed by atoms with E-state index in [9.17, 15) is 18.7 Å². The molecule has 1 aliphatic rings. The van der Waals surface area contributed by atoms with Gasteiger partial charge in [-0.25, -0.2) is 4.39 Å². The topological polar surface area (TPSA) is 66.7 Å². The molecule has 0 aromatic heterocycles. The number of nitrogens with zero attached hydrogens (tertiary/aromatic N) is 3. The Morgan fingerprint density at radius 2 is 2.00 bits per heavy atom. The summed E-state index contributed by atoms with van der Waals surface area (Å²) in [6, 6.07) is 3.67. The molecule has 0 aliphatic carbocycles. The van der Waals surface area contributed by atoms with E-state index in [-0.39, 0.29) is 5.69 Å². The van der Waals surface area contributed by atoms with Crippen LogP contribution in [0.1, 0.15) is 0 Å².